The third kappa shape index (κ3) is 186. The Morgan fingerprint density at radius 3 is 1.40 bits per heavy atom. The minimum absolute atomic E-state index is 0.306. The van der Waals surface area contributed by atoms with Gasteiger partial charge in [-0.15, -0.1) is 0 Å². The van der Waals surface area contributed by atoms with E-state index in [1.165, 1.54) is 0 Å². The molecule has 0 aromatic heterocycles. The molecule has 3 nitrogen and oxygen atoms in total. The fourth-order valence-corrected chi connectivity index (χ4v) is 0. The first kappa shape index (κ1) is 9.03. The fourth-order valence-electron chi connectivity index (χ4n) is 0. The SMILES string of the molecule is O[SiH3].[O]=[V]=[O]. The van der Waals surface area contributed by atoms with Gasteiger partial charge in [0, 0.05) is 0 Å². The van der Waals surface area contributed by atoms with E-state index >= 15 is 0 Å². The van der Waals surface area contributed by atoms with E-state index in [0.717, 1.165) is 0 Å². The summed E-state index contributed by atoms with van der Waals surface area (Å²) in [6.45, 7) is 0. The van der Waals surface area contributed by atoms with Gasteiger partial charge in [-0.1, -0.05) is 0 Å². The van der Waals surface area contributed by atoms with Crippen LogP contribution in [0.1, 0.15) is 0 Å². The zero-order valence-corrected chi connectivity index (χ0v) is 6.11. The molecule has 0 atom stereocenters. The van der Waals surface area contributed by atoms with Crippen molar-refractivity contribution in [3.8, 4) is 0 Å². The average Bonchev–Trinajstić information content (AvgIpc) is 1.46. The van der Waals surface area contributed by atoms with E-state index in [1.807, 2.05) is 0 Å². The van der Waals surface area contributed by atoms with Crippen LogP contribution in [0.5, 0.6) is 0 Å². The van der Waals surface area contributed by atoms with E-state index in [-0.39, 0.29) is 0 Å². The van der Waals surface area contributed by atoms with Crippen LogP contribution >= 0.6 is 0 Å². The Morgan fingerprint density at radius 2 is 1.40 bits per heavy atom. The van der Waals surface area contributed by atoms with Crippen LogP contribution in [0.15, 0.2) is 0 Å². The Balaban J connectivity index is 0. The quantitative estimate of drug-likeness (QED) is 0.387. The van der Waals surface area contributed by atoms with Crippen LogP contribution in [0, 0.1) is 0 Å². The van der Waals surface area contributed by atoms with Gasteiger partial charge in [0.05, 0.1) is 0 Å². The van der Waals surface area contributed by atoms with E-state index in [2.05, 4.69) is 0 Å². The molecule has 5 heavy (non-hydrogen) atoms. The molecule has 0 aliphatic carbocycles. The molecule has 0 fully saturated rings. The van der Waals surface area contributed by atoms with Gasteiger partial charge < -0.3 is 4.80 Å². The van der Waals surface area contributed by atoms with Crippen molar-refractivity contribution in [3.05, 3.63) is 0 Å². The van der Waals surface area contributed by atoms with Crippen molar-refractivity contribution in [3.63, 3.8) is 0 Å². The van der Waals surface area contributed by atoms with Crippen molar-refractivity contribution in [1.29, 1.82) is 0 Å². The van der Waals surface area contributed by atoms with Crippen LogP contribution in [-0.2, 0) is 23.5 Å². The van der Waals surface area contributed by atoms with Crippen molar-refractivity contribution in [2.24, 2.45) is 0 Å². The molecule has 0 aliphatic rings. The topological polar surface area (TPSA) is 54.4 Å². The standard InChI is InChI=1S/H4OSi.2O.V/c1-2;;;/h1H,2H3;;;. The van der Waals surface area contributed by atoms with Crippen molar-refractivity contribution < 1.29 is 28.3 Å². The second kappa shape index (κ2) is 26.6. The van der Waals surface area contributed by atoms with Gasteiger partial charge in [0.15, 0.2) is 0 Å². The third-order valence-electron chi connectivity index (χ3n) is 0. The van der Waals surface area contributed by atoms with Crippen molar-refractivity contribution >= 4 is 10.5 Å². The Labute approximate surface area is 39.5 Å². The molecule has 0 amide bonds. The monoisotopic (exact) mass is 131 g/mol. The van der Waals surface area contributed by atoms with Crippen LogP contribution in [0.3, 0.4) is 0 Å². The molecule has 0 rings (SSSR count). The molecular formula is H4O3SiV. The van der Waals surface area contributed by atoms with Crippen LogP contribution in [-0.4, -0.2) is 15.3 Å². The molecule has 0 radical (unpaired) electrons. The molecule has 0 saturated heterocycles. The van der Waals surface area contributed by atoms with Gasteiger partial charge in [0.25, 0.3) is 0 Å². The Hall–Kier alpha value is 0.361. The van der Waals surface area contributed by atoms with Gasteiger partial charge in [-0.2, -0.15) is 0 Å². The minimum atomic E-state index is -1.81. The molecule has 0 aromatic carbocycles. The first-order valence-corrected chi connectivity index (χ1v) is 2.85. The second-order valence-corrected chi connectivity index (χ2v) is 0.307. The van der Waals surface area contributed by atoms with Crippen molar-refractivity contribution in [1.82, 2.24) is 0 Å². The molecule has 0 saturated carbocycles. The van der Waals surface area contributed by atoms with E-state index in [4.69, 9.17) is 12.1 Å². The van der Waals surface area contributed by atoms with E-state index in [1.54, 1.807) is 0 Å². The Bertz CT molecular complexity index is 27.9. The summed E-state index contributed by atoms with van der Waals surface area (Å²) in [5.74, 6) is 0. The molecule has 1 N–H and O–H groups in total. The normalized spacial score (nSPS) is 3.40. The first-order valence-electron chi connectivity index (χ1n) is 0.812. The van der Waals surface area contributed by atoms with Crippen molar-refractivity contribution in [2.45, 2.75) is 0 Å². The predicted molar refractivity (Wildman–Crippen MR) is 13.5 cm³/mol. The van der Waals surface area contributed by atoms with Crippen LogP contribution < -0.4 is 0 Å². The summed E-state index contributed by atoms with van der Waals surface area (Å²) in [5.41, 5.74) is 0. The zero-order valence-electron chi connectivity index (χ0n) is 2.71. The summed E-state index contributed by atoms with van der Waals surface area (Å²) < 4.78 is 16.9. The summed E-state index contributed by atoms with van der Waals surface area (Å²) in [6.07, 6.45) is 0. The van der Waals surface area contributed by atoms with Crippen LogP contribution in [0.4, 0.5) is 0 Å². The Morgan fingerprint density at radius 1 is 1.40 bits per heavy atom. The van der Waals surface area contributed by atoms with Gasteiger partial charge >= 0.3 is 23.5 Å². The molecule has 31 valence electrons. The molecule has 0 unspecified atom stereocenters. The molecule has 0 aliphatic heterocycles. The van der Waals surface area contributed by atoms with Gasteiger partial charge in [0.2, 0.25) is 0 Å². The van der Waals surface area contributed by atoms with E-state index in [9.17, 15) is 0 Å². The maximum atomic E-state index is 8.47. The number of hydrogen-bond donors (Lipinski definition) is 1. The van der Waals surface area contributed by atoms with E-state index in [0.29, 0.717) is 10.5 Å². The molecule has 0 bridgehead atoms. The number of rotatable bonds is 0. The summed E-state index contributed by atoms with van der Waals surface area (Å²) in [4.78, 5) is 7.14. The third-order valence-corrected chi connectivity index (χ3v) is 0. The average molecular weight is 131 g/mol. The van der Waals surface area contributed by atoms with Gasteiger partial charge in [-0.3, -0.25) is 0 Å². The fraction of sp³-hybridized carbons (Fsp3) is 0. The first-order chi connectivity index (χ1) is 2.41. The summed E-state index contributed by atoms with van der Waals surface area (Å²) in [7, 11) is 0.306. The molecule has 0 heterocycles. The van der Waals surface area contributed by atoms with Gasteiger partial charge in [-0.25, -0.2) is 0 Å². The summed E-state index contributed by atoms with van der Waals surface area (Å²) in [6, 6.07) is 0. The summed E-state index contributed by atoms with van der Waals surface area (Å²) >= 11 is -1.81. The maximum absolute atomic E-state index is 8.47. The predicted octanol–water partition coefficient (Wildman–Crippen LogP) is -1.98. The van der Waals surface area contributed by atoms with Gasteiger partial charge in [-0.05, 0) is 0 Å². The van der Waals surface area contributed by atoms with Gasteiger partial charge in [0.1, 0.15) is 10.5 Å². The second-order valence-electron chi connectivity index (χ2n) is 0.0745. The van der Waals surface area contributed by atoms with Crippen LogP contribution in [0.2, 0.25) is 0 Å². The van der Waals surface area contributed by atoms with Crippen molar-refractivity contribution in [2.75, 3.05) is 0 Å². The number of hydrogen-bond acceptors (Lipinski definition) is 3. The molecule has 5 heteroatoms. The molecule has 0 spiro atoms. The molecule has 0 aromatic rings. The molecular weight excluding hydrogens is 127 g/mol. The zero-order chi connectivity index (χ0) is 4.71. The van der Waals surface area contributed by atoms with Crippen LogP contribution in [0.25, 0.3) is 0 Å². The Kier molecular flexibility index (Phi) is 48.0. The van der Waals surface area contributed by atoms with E-state index < -0.39 is 16.2 Å². The summed E-state index contributed by atoms with van der Waals surface area (Å²) in [5, 5.41) is 0.